The molecule has 1 atom stereocenters. The van der Waals surface area contributed by atoms with Crippen molar-refractivity contribution in [3.05, 3.63) is 36.0 Å². The molecule has 2 aliphatic rings. The number of fused-ring (bicyclic) bond motifs is 1. The van der Waals surface area contributed by atoms with Gasteiger partial charge in [0, 0.05) is 57.1 Å². The lowest BCUT2D eigenvalue weighted by Gasteiger charge is -2.35. The summed E-state index contributed by atoms with van der Waals surface area (Å²) in [6, 6.07) is 7.13. The largest absolute Gasteiger partial charge is 0.483 e. The minimum absolute atomic E-state index is 0.0818. The fraction of sp³-hybridized carbons (Fsp3) is 0.531. The molecule has 0 radical (unpaired) electrons. The van der Waals surface area contributed by atoms with Crippen molar-refractivity contribution in [2.75, 3.05) is 59.1 Å². The highest BCUT2D eigenvalue weighted by Crippen LogP contribution is 2.26. The van der Waals surface area contributed by atoms with Crippen LogP contribution in [0.3, 0.4) is 0 Å². The predicted molar refractivity (Wildman–Crippen MR) is 166 cm³/mol. The number of piperidine rings is 1. The smallest absolute Gasteiger partial charge is 0.409 e. The number of carboxylic acids is 1. The quantitative estimate of drug-likeness (QED) is 0.317. The monoisotopic (exact) mass is 655 g/mol. The Balaban J connectivity index is 1.44. The number of nitrogens with zero attached hydrogens (tertiary/aromatic N) is 4. The van der Waals surface area contributed by atoms with Crippen molar-refractivity contribution in [3.8, 4) is 5.75 Å². The van der Waals surface area contributed by atoms with Gasteiger partial charge < -0.3 is 39.3 Å². The number of ether oxygens (including phenoxy) is 3. The number of piperazine rings is 1. The van der Waals surface area contributed by atoms with E-state index in [1.54, 1.807) is 43.0 Å². The van der Waals surface area contributed by atoms with E-state index in [0.29, 0.717) is 43.4 Å². The number of amides is 4. The van der Waals surface area contributed by atoms with Crippen LogP contribution in [-0.4, -0.2) is 126 Å². The summed E-state index contributed by atoms with van der Waals surface area (Å²) in [7, 11) is 0. The number of aromatic nitrogens is 1. The Morgan fingerprint density at radius 3 is 2.23 bits per heavy atom. The van der Waals surface area contributed by atoms with Gasteiger partial charge >= 0.3 is 18.0 Å². The van der Waals surface area contributed by atoms with E-state index in [2.05, 4.69) is 10.3 Å². The van der Waals surface area contributed by atoms with Crippen LogP contribution in [0.25, 0.3) is 10.9 Å². The maximum Gasteiger partial charge on any atom is 0.409 e. The molecule has 0 saturated carbocycles. The zero-order valence-corrected chi connectivity index (χ0v) is 26.6. The molecule has 47 heavy (non-hydrogen) atoms. The molecule has 2 fully saturated rings. The standard InChI is InChI=1S/C32H41N5O10/c1-3-45-31(43)21-11-13-35(14-12-21)27(38)20-47-26-19-25(33-23-8-6-5-7-22(23)26)29(41)34-24(9-10-28(39)40)30(42)36-15-17-37(18-16-36)32(44)46-4-2/h5-8,19,21,24H,3-4,9-18,20H2,1-2H3,(H,34,41)(H,39,40)/t24-/m0/s1. The Morgan fingerprint density at radius 2 is 1.57 bits per heavy atom. The van der Waals surface area contributed by atoms with Crippen LogP contribution >= 0.6 is 0 Å². The minimum Gasteiger partial charge on any atom is -0.483 e. The number of pyridine rings is 1. The third-order valence-corrected chi connectivity index (χ3v) is 8.10. The first-order valence-electron chi connectivity index (χ1n) is 15.8. The summed E-state index contributed by atoms with van der Waals surface area (Å²) in [5, 5.41) is 12.5. The molecular formula is C32H41N5O10. The van der Waals surface area contributed by atoms with Gasteiger partial charge in [0.2, 0.25) is 5.91 Å². The molecule has 0 spiro atoms. The Bertz CT molecular complexity index is 1470. The molecule has 2 aromatic rings. The molecule has 15 heteroatoms. The second kappa shape index (κ2) is 16.6. The van der Waals surface area contributed by atoms with Crippen molar-refractivity contribution in [1.82, 2.24) is 25.0 Å². The molecule has 4 amide bonds. The van der Waals surface area contributed by atoms with Crippen molar-refractivity contribution in [2.24, 2.45) is 5.92 Å². The Labute approximate surface area is 272 Å². The highest BCUT2D eigenvalue weighted by molar-refractivity contribution is 5.99. The normalized spacial score (nSPS) is 15.9. The van der Waals surface area contributed by atoms with Crippen LogP contribution in [0.15, 0.2) is 30.3 Å². The predicted octanol–water partition coefficient (Wildman–Crippen LogP) is 1.68. The minimum atomic E-state index is -1.16. The fourth-order valence-corrected chi connectivity index (χ4v) is 5.54. The number of hydrogen-bond acceptors (Lipinski definition) is 10. The van der Waals surface area contributed by atoms with Gasteiger partial charge in [-0.3, -0.25) is 24.0 Å². The molecule has 15 nitrogen and oxygen atoms in total. The van der Waals surface area contributed by atoms with Crippen LogP contribution in [0.2, 0.25) is 0 Å². The summed E-state index contributed by atoms with van der Waals surface area (Å²) >= 11 is 0. The highest BCUT2D eigenvalue weighted by Gasteiger charge is 2.32. The summed E-state index contributed by atoms with van der Waals surface area (Å²) < 4.78 is 16.0. The van der Waals surface area contributed by atoms with Gasteiger partial charge in [-0.15, -0.1) is 0 Å². The van der Waals surface area contributed by atoms with Gasteiger partial charge in [0.05, 0.1) is 24.6 Å². The summed E-state index contributed by atoms with van der Waals surface area (Å²) in [6.45, 7) is 5.31. The number of aliphatic carboxylic acids is 1. The zero-order valence-electron chi connectivity index (χ0n) is 26.6. The zero-order chi connectivity index (χ0) is 33.9. The first kappa shape index (κ1) is 34.9. The van der Waals surface area contributed by atoms with Crippen molar-refractivity contribution in [3.63, 3.8) is 0 Å². The molecule has 0 bridgehead atoms. The van der Waals surface area contributed by atoms with E-state index < -0.39 is 29.9 Å². The number of para-hydroxylation sites is 1. The van der Waals surface area contributed by atoms with Gasteiger partial charge in [0.1, 0.15) is 17.5 Å². The molecule has 4 rings (SSSR count). The van der Waals surface area contributed by atoms with Crippen molar-refractivity contribution < 1.29 is 48.1 Å². The number of nitrogens with one attached hydrogen (secondary N) is 1. The van der Waals surface area contributed by atoms with Crippen LogP contribution in [0.4, 0.5) is 4.79 Å². The lowest BCUT2D eigenvalue weighted by Crippen LogP contribution is -2.56. The third-order valence-electron chi connectivity index (χ3n) is 8.10. The molecular weight excluding hydrogens is 614 g/mol. The van der Waals surface area contributed by atoms with Crippen molar-refractivity contribution in [1.29, 1.82) is 0 Å². The van der Waals surface area contributed by atoms with E-state index in [9.17, 15) is 33.9 Å². The van der Waals surface area contributed by atoms with Crippen LogP contribution < -0.4 is 10.1 Å². The van der Waals surface area contributed by atoms with E-state index in [1.807, 2.05) is 0 Å². The summed E-state index contributed by atoms with van der Waals surface area (Å²) in [6.07, 6.45) is -0.00342. The van der Waals surface area contributed by atoms with Crippen LogP contribution in [0.5, 0.6) is 5.75 Å². The molecule has 0 aliphatic carbocycles. The van der Waals surface area contributed by atoms with Crippen molar-refractivity contribution >= 4 is 46.7 Å². The SMILES string of the molecule is CCOC(=O)C1CCN(C(=O)COc2cc(C(=O)N[C@@H](CCC(=O)O)C(=O)N3CCN(C(=O)OCC)CC3)nc3ccccc23)CC1. The van der Waals surface area contributed by atoms with Crippen LogP contribution in [-0.2, 0) is 28.7 Å². The summed E-state index contributed by atoms with van der Waals surface area (Å²) in [4.78, 5) is 84.4. The first-order valence-corrected chi connectivity index (χ1v) is 15.8. The number of hydrogen-bond donors (Lipinski definition) is 2. The number of carbonyl (C=O) groups is 6. The molecule has 0 unspecified atom stereocenters. The van der Waals surface area contributed by atoms with E-state index in [0.717, 1.165) is 0 Å². The average molecular weight is 656 g/mol. The Hall–Kier alpha value is -4.95. The van der Waals surface area contributed by atoms with Gasteiger partial charge in [-0.25, -0.2) is 9.78 Å². The maximum absolute atomic E-state index is 13.5. The van der Waals surface area contributed by atoms with E-state index in [1.165, 1.54) is 15.9 Å². The summed E-state index contributed by atoms with van der Waals surface area (Å²) in [5.74, 6) is -2.86. The topological polar surface area (TPSA) is 185 Å². The number of benzene rings is 1. The van der Waals surface area contributed by atoms with Gasteiger partial charge in [-0.05, 0) is 45.2 Å². The molecule has 1 aromatic carbocycles. The highest BCUT2D eigenvalue weighted by atomic mass is 16.6. The number of likely N-dealkylation sites (tertiary alicyclic amines) is 1. The summed E-state index contributed by atoms with van der Waals surface area (Å²) in [5.41, 5.74) is 0.336. The number of carbonyl (C=O) groups excluding carboxylic acids is 5. The van der Waals surface area contributed by atoms with E-state index in [-0.39, 0.29) is 81.5 Å². The third kappa shape index (κ3) is 9.30. The Kier molecular flexibility index (Phi) is 12.3. The van der Waals surface area contributed by atoms with Crippen molar-refractivity contribution in [2.45, 2.75) is 45.6 Å². The van der Waals surface area contributed by atoms with E-state index >= 15 is 0 Å². The number of esters is 1. The van der Waals surface area contributed by atoms with Gasteiger partial charge in [0.25, 0.3) is 11.8 Å². The molecule has 1 aromatic heterocycles. The molecule has 2 N–H and O–H groups in total. The lowest BCUT2D eigenvalue weighted by molar-refractivity contribution is -0.151. The van der Waals surface area contributed by atoms with Crippen LogP contribution in [0.1, 0.15) is 50.0 Å². The number of rotatable bonds is 12. The molecule has 3 heterocycles. The fourth-order valence-electron chi connectivity index (χ4n) is 5.54. The van der Waals surface area contributed by atoms with Gasteiger partial charge in [0.15, 0.2) is 6.61 Å². The maximum atomic E-state index is 13.5. The second-order valence-corrected chi connectivity index (χ2v) is 11.2. The second-order valence-electron chi connectivity index (χ2n) is 11.2. The Morgan fingerprint density at radius 1 is 0.915 bits per heavy atom. The van der Waals surface area contributed by atoms with E-state index in [4.69, 9.17) is 14.2 Å². The molecule has 2 saturated heterocycles. The molecule has 2 aliphatic heterocycles. The van der Waals surface area contributed by atoms with Gasteiger partial charge in [-0.1, -0.05) is 12.1 Å². The number of carboxylic acid groups (broad SMARTS) is 1. The van der Waals surface area contributed by atoms with Crippen LogP contribution in [0, 0.1) is 5.92 Å². The first-order chi connectivity index (χ1) is 22.6. The lowest BCUT2D eigenvalue weighted by atomic mass is 9.97. The average Bonchev–Trinajstić information content (AvgIpc) is 3.08. The molecule has 254 valence electrons. The van der Waals surface area contributed by atoms with Gasteiger partial charge in [-0.2, -0.15) is 0 Å².